The van der Waals surface area contributed by atoms with Gasteiger partial charge in [0.15, 0.2) is 17.1 Å². The first-order valence-electron chi connectivity index (χ1n) is 8.30. The molecule has 3 rings (SSSR count). The van der Waals surface area contributed by atoms with Gasteiger partial charge in [0.25, 0.3) is 0 Å². The highest BCUT2D eigenvalue weighted by molar-refractivity contribution is 9.10. The highest BCUT2D eigenvalue weighted by atomic mass is 79.9. The van der Waals surface area contributed by atoms with Gasteiger partial charge in [0.1, 0.15) is 11.6 Å². The summed E-state index contributed by atoms with van der Waals surface area (Å²) >= 11 is 4.89. The van der Waals surface area contributed by atoms with Crippen LogP contribution in [0.3, 0.4) is 0 Å². The molecule has 0 radical (unpaired) electrons. The van der Waals surface area contributed by atoms with Crippen molar-refractivity contribution >= 4 is 27.7 Å². The summed E-state index contributed by atoms with van der Waals surface area (Å²) < 4.78 is 22.8. The monoisotopic (exact) mass is 435 g/mol. The average molecular weight is 436 g/mol. The van der Waals surface area contributed by atoms with E-state index in [4.69, 9.17) is 4.74 Å². The Labute approximate surface area is 164 Å². The van der Waals surface area contributed by atoms with Crippen LogP contribution in [0.25, 0.3) is 0 Å². The molecule has 1 aromatic heterocycles. The lowest BCUT2D eigenvalue weighted by molar-refractivity contribution is 0.210. The molecule has 4 nitrogen and oxygen atoms in total. The van der Waals surface area contributed by atoms with Gasteiger partial charge in [-0.05, 0) is 49.7 Å². The maximum atomic E-state index is 13.8. The van der Waals surface area contributed by atoms with E-state index in [0.717, 1.165) is 27.7 Å². The minimum absolute atomic E-state index is 0.199. The van der Waals surface area contributed by atoms with Crippen LogP contribution < -0.4 is 4.74 Å². The number of hydrogen-bond donors (Lipinski definition) is 0. The number of hydrogen-bond acceptors (Lipinski definition) is 4. The second-order valence-corrected chi connectivity index (χ2v) is 7.54. The zero-order valence-electron chi connectivity index (χ0n) is 14.5. The largest absolute Gasteiger partial charge is 0.483 e. The topological polar surface area (TPSA) is 39.9 Å². The summed E-state index contributed by atoms with van der Waals surface area (Å²) in [5.74, 6) is 1.83. The van der Waals surface area contributed by atoms with Crippen molar-refractivity contribution in [3.8, 4) is 5.75 Å². The predicted molar refractivity (Wildman–Crippen MR) is 105 cm³/mol. The Hall–Kier alpha value is -1.86. The number of halogens is 2. The van der Waals surface area contributed by atoms with E-state index >= 15 is 0 Å². The first kappa shape index (κ1) is 18.9. The molecular formula is C19H19BrFN3OS. The van der Waals surface area contributed by atoms with Crippen LogP contribution in [0.15, 0.2) is 58.2 Å². The molecule has 1 heterocycles. The van der Waals surface area contributed by atoms with Gasteiger partial charge in [0.2, 0.25) is 0 Å². The van der Waals surface area contributed by atoms with Crippen LogP contribution in [0.2, 0.25) is 0 Å². The summed E-state index contributed by atoms with van der Waals surface area (Å²) in [7, 11) is 0. The molecule has 0 aliphatic carbocycles. The Morgan fingerprint density at radius 2 is 1.88 bits per heavy atom. The van der Waals surface area contributed by atoms with Crippen molar-refractivity contribution in [2.24, 2.45) is 0 Å². The standard InChI is InChI=1S/C19H19BrFN3OS/c1-3-24-18(13(2)25-16-10-8-15(20)9-11-16)22-23-19(24)26-12-14-6-4-5-7-17(14)21/h4-11,13H,3,12H2,1-2H3. The van der Waals surface area contributed by atoms with Crippen LogP contribution in [0, 0.1) is 5.82 Å². The molecular weight excluding hydrogens is 417 g/mol. The number of thioether (sulfide) groups is 1. The van der Waals surface area contributed by atoms with E-state index < -0.39 is 0 Å². The smallest absolute Gasteiger partial charge is 0.191 e. The van der Waals surface area contributed by atoms with E-state index in [0.29, 0.717) is 11.3 Å². The zero-order chi connectivity index (χ0) is 18.5. The van der Waals surface area contributed by atoms with Crippen molar-refractivity contribution in [2.75, 3.05) is 0 Å². The second kappa shape index (κ2) is 8.68. The quantitative estimate of drug-likeness (QED) is 0.450. The van der Waals surface area contributed by atoms with Gasteiger partial charge in [-0.15, -0.1) is 10.2 Å². The molecule has 136 valence electrons. The van der Waals surface area contributed by atoms with Gasteiger partial charge >= 0.3 is 0 Å². The lowest BCUT2D eigenvalue weighted by Gasteiger charge is -2.15. The molecule has 0 N–H and O–H groups in total. The number of rotatable bonds is 7. The van der Waals surface area contributed by atoms with Crippen molar-refractivity contribution in [3.63, 3.8) is 0 Å². The highest BCUT2D eigenvalue weighted by Crippen LogP contribution is 2.27. The normalized spacial score (nSPS) is 12.2. The summed E-state index contributed by atoms with van der Waals surface area (Å²) in [5.41, 5.74) is 0.656. The second-order valence-electron chi connectivity index (χ2n) is 5.68. The summed E-state index contributed by atoms with van der Waals surface area (Å²) in [4.78, 5) is 0. The predicted octanol–water partition coefficient (Wildman–Crippen LogP) is 5.63. The number of ether oxygens (including phenoxy) is 1. The molecule has 26 heavy (non-hydrogen) atoms. The Morgan fingerprint density at radius 3 is 2.58 bits per heavy atom. The molecule has 1 unspecified atom stereocenters. The van der Waals surface area contributed by atoms with Gasteiger partial charge in [-0.2, -0.15) is 0 Å². The molecule has 2 aromatic carbocycles. The molecule has 7 heteroatoms. The van der Waals surface area contributed by atoms with Crippen molar-refractivity contribution in [1.82, 2.24) is 14.8 Å². The molecule has 0 aliphatic rings. The Balaban J connectivity index is 1.72. The van der Waals surface area contributed by atoms with E-state index in [1.165, 1.54) is 17.8 Å². The van der Waals surface area contributed by atoms with E-state index in [-0.39, 0.29) is 11.9 Å². The summed E-state index contributed by atoms with van der Waals surface area (Å²) in [6.07, 6.45) is -0.244. The van der Waals surface area contributed by atoms with Gasteiger partial charge in [-0.25, -0.2) is 4.39 Å². The fourth-order valence-corrected chi connectivity index (χ4v) is 3.79. The summed E-state index contributed by atoms with van der Waals surface area (Å²) in [6.45, 7) is 4.70. The fourth-order valence-electron chi connectivity index (χ4n) is 2.53. The van der Waals surface area contributed by atoms with Crippen LogP contribution in [-0.2, 0) is 12.3 Å². The summed E-state index contributed by atoms with van der Waals surface area (Å²) in [5, 5.41) is 9.34. The third-order valence-corrected chi connectivity index (χ3v) is 5.41. The van der Waals surface area contributed by atoms with Crippen molar-refractivity contribution in [1.29, 1.82) is 0 Å². The molecule has 0 amide bonds. The minimum atomic E-state index is -0.244. The maximum absolute atomic E-state index is 13.8. The van der Waals surface area contributed by atoms with Crippen LogP contribution in [-0.4, -0.2) is 14.8 Å². The van der Waals surface area contributed by atoms with Crippen LogP contribution in [0.5, 0.6) is 5.75 Å². The van der Waals surface area contributed by atoms with Gasteiger partial charge in [0.05, 0.1) is 0 Å². The van der Waals surface area contributed by atoms with E-state index in [1.54, 1.807) is 12.1 Å². The van der Waals surface area contributed by atoms with Crippen molar-refractivity contribution in [2.45, 2.75) is 37.4 Å². The Kier molecular flexibility index (Phi) is 6.32. The van der Waals surface area contributed by atoms with Gasteiger partial charge in [-0.1, -0.05) is 45.9 Å². The zero-order valence-corrected chi connectivity index (χ0v) is 16.9. The molecule has 1 atom stereocenters. The summed E-state index contributed by atoms with van der Waals surface area (Å²) in [6, 6.07) is 14.5. The van der Waals surface area contributed by atoms with Gasteiger partial charge in [0, 0.05) is 16.8 Å². The molecule has 0 saturated heterocycles. The number of nitrogens with zero attached hydrogens (tertiary/aromatic N) is 3. The minimum Gasteiger partial charge on any atom is -0.483 e. The van der Waals surface area contributed by atoms with E-state index in [2.05, 4.69) is 26.1 Å². The Morgan fingerprint density at radius 1 is 1.15 bits per heavy atom. The first-order valence-corrected chi connectivity index (χ1v) is 10.1. The first-order chi connectivity index (χ1) is 12.6. The Bertz CT molecular complexity index is 869. The van der Waals surface area contributed by atoms with E-state index in [9.17, 15) is 4.39 Å². The molecule has 0 aliphatic heterocycles. The number of benzene rings is 2. The van der Waals surface area contributed by atoms with Crippen molar-refractivity contribution < 1.29 is 9.13 Å². The third-order valence-electron chi connectivity index (χ3n) is 3.87. The fraction of sp³-hybridized carbons (Fsp3) is 0.263. The lowest BCUT2D eigenvalue weighted by Crippen LogP contribution is -2.12. The SMILES string of the molecule is CCn1c(SCc2ccccc2F)nnc1C(C)Oc1ccc(Br)cc1. The van der Waals surface area contributed by atoms with Gasteiger partial charge in [-0.3, -0.25) is 0 Å². The molecule has 0 bridgehead atoms. The van der Waals surface area contributed by atoms with Crippen molar-refractivity contribution in [3.05, 3.63) is 70.2 Å². The average Bonchev–Trinajstić information content (AvgIpc) is 3.06. The molecule has 0 saturated carbocycles. The van der Waals surface area contributed by atoms with E-state index in [1.807, 2.05) is 48.7 Å². The molecule has 3 aromatic rings. The van der Waals surface area contributed by atoms with Crippen LogP contribution in [0.4, 0.5) is 4.39 Å². The lowest BCUT2D eigenvalue weighted by atomic mass is 10.2. The maximum Gasteiger partial charge on any atom is 0.191 e. The molecule has 0 fully saturated rings. The van der Waals surface area contributed by atoms with Crippen LogP contribution in [0.1, 0.15) is 31.3 Å². The number of aromatic nitrogens is 3. The highest BCUT2D eigenvalue weighted by Gasteiger charge is 2.19. The molecule has 0 spiro atoms. The van der Waals surface area contributed by atoms with Gasteiger partial charge < -0.3 is 9.30 Å². The van der Waals surface area contributed by atoms with Crippen LogP contribution >= 0.6 is 27.7 Å². The third kappa shape index (κ3) is 4.45.